The van der Waals surface area contributed by atoms with Crippen molar-refractivity contribution < 1.29 is 9.59 Å². The Morgan fingerprint density at radius 2 is 1.38 bits per heavy atom. The fraction of sp³-hybridized carbons (Fsp3) is 0.889. The van der Waals surface area contributed by atoms with Crippen molar-refractivity contribution in [1.82, 2.24) is 15.1 Å². The van der Waals surface area contributed by atoms with E-state index < -0.39 is 0 Å². The first-order valence-electron chi connectivity index (χ1n) is 9.48. The van der Waals surface area contributed by atoms with Crippen LogP contribution in [0.2, 0.25) is 0 Å². The molecule has 1 N–H and O–H groups in total. The number of carbonyl (C=O) groups is 2. The normalized spacial score (nSPS) is 22.2. The van der Waals surface area contributed by atoms with Crippen molar-refractivity contribution in [3.63, 3.8) is 0 Å². The second-order valence-corrected chi connectivity index (χ2v) is 7.54. The van der Waals surface area contributed by atoms with Gasteiger partial charge < -0.3 is 15.1 Å². The lowest BCUT2D eigenvalue weighted by Crippen LogP contribution is -2.52. The first-order valence-corrected chi connectivity index (χ1v) is 9.48. The fourth-order valence-electron chi connectivity index (χ4n) is 3.79. The average molecular weight is 358 g/mol. The van der Waals surface area contributed by atoms with Crippen molar-refractivity contribution in [3.05, 3.63) is 0 Å². The van der Waals surface area contributed by atoms with Crippen LogP contribution in [0.3, 0.4) is 0 Å². The van der Waals surface area contributed by atoms with Crippen molar-refractivity contribution in [2.75, 3.05) is 39.3 Å². The number of hydrogen-bond acceptors (Lipinski definition) is 3. The smallest absolute Gasteiger partial charge is 0.236 e. The Kier molecular flexibility index (Phi) is 7.82. The van der Waals surface area contributed by atoms with Crippen molar-refractivity contribution in [2.45, 2.75) is 51.4 Å². The summed E-state index contributed by atoms with van der Waals surface area (Å²) in [6.07, 6.45) is 9.68. The molecule has 0 bridgehead atoms. The zero-order valence-electron chi connectivity index (χ0n) is 14.7. The average Bonchev–Trinajstić information content (AvgIpc) is 3.40. The minimum Gasteiger partial charge on any atom is -0.339 e. The summed E-state index contributed by atoms with van der Waals surface area (Å²) in [5.41, 5.74) is 0. The molecule has 5 nitrogen and oxygen atoms in total. The van der Waals surface area contributed by atoms with Gasteiger partial charge in [0.25, 0.3) is 0 Å². The Labute approximate surface area is 151 Å². The van der Waals surface area contributed by atoms with Crippen LogP contribution in [0.4, 0.5) is 0 Å². The first kappa shape index (κ1) is 19.5. The summed E-state index contributed by atoms with van der Waals surface area (Å²) in [6, 6.07) is 0. The Hall–Kier alpha value is -0.810. The van der Waals surface area contributed by atoms with E-state index >= 15 is 0 Å². The summed E-state index contributed by atoms with van der Waals surface area (Å²) in [5.74, 6) is 1.89. The lowest BCUT2D eigenvalue weighted by molar-refractivity contribution is -0.139. The topological polar surface area (TPSA) is 52.7 Å². The Morgan fingerprint density at radius 1 is 0.792 bits per heavy atom. The number of hydrogen-bond donors (Lipinski definition) is 1. The molecule has 0 unspecified atom stereocenters. The summed E-state index contributed by atoms with van der Waals surface area (Å²) >= 11 is 0. The lowest BCUT2D eigenvalue weighted by Gasteiger charge is -2.35. The quantitative estimate of drug-likeness (QED) is 0.791. The van der Waals surface area contributed by atoms with Gasteiger partial charge in [-0.25, -0.2) is 0 Å². The Morgan fingerprint density at radius 3 is 1.96 bits per heavy atom. The molecule has 3 aliphatic rings. The van der Waals surface area contributed by atoms with E-state index in [2.05, 4.69) is 5.32 Å². The van der Waals surface area contributed by atoms with Gasteiger partial charge in [-0.15, -0.1) is 12.4 Å². The van der Waals surface area contributed by atoms with Crippen LogP contribution in [0.25, 0.3) is 0 Å². The molecular weight excluding hydrogens is 326 g/mol. The van der Waals surface area contributed by atoms with Gasteiger partial charge in [-0.3, -0.25) is 9.59 Å². The minimum atomic E-state index is 0. The maximum absolute atomic E-state index is 12.4. The molecule has 0 radical (unpaired) electrons. The van der Waals surface area contributed by atoms with Gasteiger partial charge in [0.15, 0.2) is 0 Å². The molecule has 1 saturated heterocycles. The lowest BCUT2D eigenvalue weighted by atomic mass is 9.86. The molecule has 2 aliphatic carbocycles. The summed E-state index contributed by atoms with van der Waals surface area (Å²) in [6.45, 7) is 4.23. The predicted molar refractivity (Wildman–Crippen MR) is 97.2 cm³/mol. The molecule has 0 aromatic rings. The van der Waals surface area contributed by atoms with E-state index in [0.717, 1.165) is 18.9 Å². The molecule has 2 saturated carbocycles. The van der Waals surface area contributed by atoms with E-state index in [9.17, 15) is 9.59 Å². The van der Waals surface area contributed by atoms with Crippen LogP contribution >= 0.6 is 12.4 Å². The van der Waals surface area contributed by atoms with Gasteiger partial charge in [0, 0.05) is 32.6 Å². The van der Waals surface area contributed by atoms with Crippen molar-refractivity contribution in [1.29, 1.82) is 0 Å². The number of halogens is 1. The molecule has 0 aromatic heterocycles. The van der Waals surface area contributed by atoms with Crippen molar-refractivity contribution in [3.8, 4) is 0 Å². The van der Waals surface area contributed by atoms with Gasteiger partial charge >= 0.3 is 0 Å². The van der Waals surface area contributed by atoms with Crippen LogP contribution in [0, 0.1) is 11.8 Å². The third kappa shape index (κ3) is 5.92. The van der Waals surface area contributed by atoms with Crippen LogP contribution in [0.5, 0.6) is 0 Å². The summed E-state index contributed by atoms with van der Waals surface area (Å²) < 4.78 is 0. The van der Waals surface area contributed by atoms with E-state index in [1.165, 1.54) is 44.9 Å². The molecule has 0 atom stereocenters. The number of amides is 2. The molecule has 3 fully saturated rings. The van der Waals surface area contributed by atoms with E-state index in [-0.39, 0.29) is 18.3 Å². The standard InChI is InChI=1S/C18H31N3O2.ClH/c22-17(12-15-4-2-1-3-5-15)20-8-10-21(11-9-20)18(23)14-19-13-16-6-7-16;/h15-16,19H,1-14H2;1H. The molecule has 6 heteroatoms. The van der Waals surface area contributed by atoms with Crippen molar-refractivity contribution >= 4 is 24.2 Å². The van der Waals surface area contributed by atoms with Gasteiger partial charge in [0.1, 0.15) is 0 Å². The molecule has 1 aliphatic heterocycles. The van der Waals surface area contributed by atoms with Gasteiger partial charge in [0.05, 0.1) is 6.54 Å². The van der Waals surface area contributed by atoms with E-state index in [1.54, 1.807) is 0 Å². The monoisotopic (exact) mass is 357 g/mol. The zero-order chi connectivity index (χ0) is 16.1. The zero-order valence-corrected chi connectivity index (χ0v) is 15.5. The number of nitrogens with one attached hydrogen (secondary N) is 1. The fourth-order valence-corrected chi connectivity index (χ4v) is 3.79. The molecule has 0 spiro atoms. The van der Waals surface area contributed by atoms with Crippen LogP contribution < -0.4 is 5.32 Å². The van der Waals surface area contributed by atoms with E-state index in [4.69, 9.17) is 0 Å². The summed E-state index contributed by atoms with van der Waals surface area (Å²) in [5, 5.41) is 3.26. The number of piperazine rings is 1. The molecule has 24 heavy (non-hydrogen) atoms. The molecule has 2 amide bonds. The number of carbonyl (C=O) groups excluding carboxylic acids is 2. The third-order valence-electron chi connectivity index (χ3n) is 5.58. The SMILES string of the molecule is Cl.O=C(CNCC1CC1)N1CCN(C(=O)CC2CCCCC2)CC1. The van der Waals surface area contributed by atoms with Gasteiger partial charge in [0.2, 0.25) is 11.8 Å². The van der Waals surface area contributed by atoms with Crippen LogP contribution in [-0.4, -0.2) is 60.9 Å². The van der Waals surface area contributed by atoms with E-state index in [0.29, 0.717) is 44.5 Å². The highest BCUT2D eigenvalue weighted by Gasteiger charge is 2.26. The Bertz CT molecular complexity index is 414. The summed E-state index contributed by atoms with van der Waals surface area (Å²) in [4.78, 5) is 28.4. The molecule has 1 heterocycles. The van der Waals surface area contributed by atoms with Crippen molar-refractivity contribution in [2.24, 2.45) is 11.8 Å². The second kappa shape index (κ2) is 9.62. The maximum atomic E-state index is 12.4. The molecule has 0 aromatic carbocycles. The van der Waals surface area contributed by atoms with Crippen LogP contribution in [0.15, 0.2) is 0 Å². The minimum absolute atomic E-state index is 0. The molecular formula is C18H32ClN3O2. The number of nitrogens with zero attached hydrogens (tertiary/aromatic N) is 2. The maximum Gasteiger partial charge on any atom is 0.236 e. The first-order chi connectivity index (χ1) is 11.2. The third-order valence-corrected chi connectivity index (χ3v) is 5.58. The van der Waals surface area contributed by atoms with Gasteiger partial charge in [-0.2, -0.15) is 0 Å². The van der Waals surface area contributed by atoms with Gasteiger partial charge in [-0.05, 0) is 44.1 Å². The van der Waals surface area contributed by atoms with Gasteiger partial charge in [-0.1, -0.05) is 19.3 Å². The highest BCUT2D eigenvalue weighted by atomic mass is 35.5. The van der Waals surface area contributed by atoms with E-state index in [1.807, 2.05) is 9.80 Å². The van der Waals surface area contributed by atoms with Crippen LogP contribution in [0.1, 0.15) is 51.4 Å². The largest absolute Gasteiger partial charge is 0.339 e. The highest BCUT2D eigenvalue weighted by molar-refractivity contribution is 5.85. The molecule has 138 valence electrons. The highest BCUT2D eigenvalue weighted by Crippen LogP contribution is 2.28. The summed E-state index contributed by atoms with van der Waals surface area (Å²) in [7, 11) is 0. The molecule has 3 rings (SSSR count). The predicted octanol–water partition coefficient (Wildman–Crippen LogP) is 2.05. The number of rotatable bonds is 6. The van der Waals surface area contributed by atoms with Crippen LogP contribution in [-0.2, 0) is 9.59 Å². The Balaban J connectivity index is 0.00000208. The second-order valence-electron chi connectivity index (χ2n) is 7.54.